The van der Waals surface area contributed by atoms with Gasteiger partial charge in [0.1, 0.15) is 11.8 Å². The average Bonchev–Trinajstić information content (AvgIpc) is 3.15. The molecule has 0 unspecified atom stereocenters. The molecule has 0 aliphatic carbocycles. The Morgan fingerprint density at radius 2 is 2.12 bits per heavy atom. The Kier molecular flexibility index (Phi) is 4.26. The van der Waals surface area contributed by atoms with Gasteiger partial charge in [-0.25, -0.2) is 9.97 Å². The van der Waals surface area contributed by atoms with E-state index >= 15 is 0 Å². The molecule has 1 aliphatic rings. The van der Waals surface area contributed by atoms with Crippen LogP contribution in [0.2, 0.25) is 0 Å². The zero-order valence-electron chi connectivity index (χ0n) is 14.7. The second-order valence-electron chi connectivity index (χ2n) is 6.40. The van der Waals surface area contributed by atoms with Gasteiger partial charge >= 0.3 is 0 Å². The van der Waals surface area contributed by atoms with Gasteiger partial charge in [-0.3, -0.25) is 9.78 Å². The van der Waals surface area contributed by atoms with Crippen molar-refractivity contribution in [3.63, 3.8) is 0 Å². The van der Waals surface area contributed by atoms with Crippen LogP contribution in [0.1, 0.15) is 22.2 Å². The number of benzene rings is 1. The minimum absolute atomic E-state index is 0.0231. The van der Waals surface area contributed by atoms with Gasteiger partial charge in [0.05, 0.1) is 30.5 Å². The molecule has 26 heavy (non-hydrogen) atoms. The molecule has 0 saturated carbocycles. The van der Waals surface area contributed by atoms with Crippen LogP contribution in [0.15, 0.2) is 36.9 Å². The van der Waals surface area contributed by atoms with E-state index < -0.39 is 0 Å². The SMILES string of the molecule is CN(C)c1nccnc1[C@@H]1CN(C(=O)c2ccc3nc[nH]c3c2)CCO1. The first-order valence-corrected chi connectivity index (χ1v) is 8.45. The quantitative estimate of drug-likeness (QED) is 0.771. The van der Waals surface area contributed by atoms with Gasteiger partial charge < -0.3 is 19.5 Å². The number of aromatic nitrogens is 4. The first-order valence-electron chi connectivity index (χ1n) is 8.45. The van der Waals surface area contributed by atoms with E-state index in [-0.39, 0.29) is 12.0 Å². The lowest BCUT2D eigenvalue weighted by atomic mass is 10.1. The van der Waals surface area contributed by atoms with E-state index in [1.165, 1.54) is 0 Å². The molecular weight excluding hydrogens is 332 g/mol. The van der Waals surface area contributed by atoms with Gasteiger partial charge in [0.2, 0.25) is 0 Å². The van der Waals surface area contributed by atoms with E-state index in [0.717, 1.165) is 22.5 Å². The van der Waals surface area contributed by atoms with E-state index in [4.69, 9.17) is 4.74 Å². The van der Waals surface area contributed by atoms with Crippen molar-refractivity contribution >= 4 is 22.8 Å². The fourth-order valence-electron chi connectivity index (χ4n) is 3.16. The number of carbonyl (C=O) groups is 1. The maximum Gasteiger partial charge on any atom is 0.254 e. The number of rotatable bonds is 3. The van der Waals surface area contributed by atoms with Crippen molar-refractivity contribution in [2.75, 3.05) is 38.7 Å². The van der Waals surface area contributed by atoms with Crippen molar-refractivity contribution in [2.24, 2.45) is 0 Å². The third-order valence-corrected chi connectivity index (χ3v) is 4.46. The number of morpholine rings is 1. The molecule has 0 bridgehead atoms. The molecule has 3 heterocycles. The van der Waals surface area contributed by atoms with Gasteiger partial charge in [0.25, 0.3) is 5.91 Å². The van der Waals surface area contributed by atoms with Crippen LogP contribution in [-0.2, 0) is 4.74 Å². The Bertz CT molecular complexity index is 938. The van der Waals surface area contributed by atoms with Gasteiger partial charge in [-0.05, 0) is 18.2 Å². The number of nitrogens with one attached hydrogen (secondary N) is 1. The first-order chi connectivity index (χ1) is 12.6. The number of carbonyl (C=O) groups excluding carboxylic acids is 1. The lowest BCUT2D eigenvalue weighted by Gasteiger charge is -2.33. The van der Waals surface area contributed by atoms with Crippen molar-refractivity contribution in [2.45, 2.75) is 6.10 Å². The van der Waals surface area contributed by atoms with Crippen molar-refractivity contribution in [1.82, 2.24) is 24.8 Å². The fraction of sp³-hybridized carbons (Fsp3) is 0.333. The van der Waals surface area contributed by atoms with Crippen molar-refractivity contribution in [3.05, 3.63) is 48.2 Å². The molecule has 1 amide bonds. The third kappa shape index (κ3) is 2.99. The number of imidazole rings is 1. The van der Waals surface area contributed by atoms with Crippen LogP contribution < -0.4 is 4.90 Å². The fourth-order valence-corrected chi connectivity index (χ4v) is 3.16. The van der Waals surface area contributed by atoms with E-state index in [2.05, 4.69) is 19.9 Å². The molecule has 3 aromatic rings. The Morgan fingerprint density at radius 3 is 2.96 bits per heavy atom. The van der Waals surface area contributed by atoms with Crippen molar-refractivity contribution in [1.29, 1.82) is 0 Å². The highest BCUT2D eigenvalue weighted by molar-refractivity contribution is 5.97. The standard InChI is InChI=1S/C18H20N6O2/c1-23(2)17-16(19-5-6-20-17)15-10-24(7-8-26-15)18(25)12-3-4-13-14(9-12)22-11-21-13/h3-6,9,11,15H,7-8,10H2,1-2H3,(H,21,22)/t15-/m0/s1. The molecular formula is C18H20N6O2. The summed E-state index contributed by atoms with van der Waals surface area (Å²) in [5.41, 5.74) is 3.08. The number of hydrogen-bond acceptors (Lipinski definition) is 6. The Hall–Kier alpha value is -3.00. The predicted molar refractivity (Wildman–Crippen MR) is 97.0 cm³/mol. The summed E-state index contributed by atoms with van der Waals surface area (Å²) in [6.07, 6.45) is 4.64. The Labute approximate surface area is 150 Å². The number of aromatic amines is 1. The minimum Gasteiger partial charge on any atom is -0.368 e. The smallest absolute Gasteiger partial charge is 0.254 e. The van der Waals surface area contributed by atoms with Crippen LogP contribution in [0.25, 0.3) is 11.0 Å². The lowest BCUT2D eigenvalue weighted by Crippen LogP contribution is -2.42. The highest BCUT2D eigenvalue weighted by Gasteiger charge is 2.29. The largest absolute Gasteiger partial charge is 0.368 e. The number of H-pyrrole nitrogens is 1. The number of fused-ring (bicyclic) bond motifs is 1. The summed E-state index contributed by atoms with van der Waals surface area (Å²) in [6.45, 7) is 1.46. The zero-order chi connectivity index (χ0) is 18.1. The average molecular weight is 352 g/mol. The summed E-state index contributed by atoms with van der Waals surface area (Å²) in [7, 11) is 3.83. The molecule has 8 nitrogen and oxygen atoms in total. The van der Waals surface area contributed by atoms with Crippen molar-refractivity contribution in [3.8, 4) is 0 Å². The first kappa shape index (κ1) is 16.5. The van der Waals surface area contributed by atoms with Crippen LogP contribution in [0.4, 0.5) is 5.82 Å². The summed E-state index contributed by atoms with van der Waals surface area (Å²) < 4.78 is 5.89. The predicted octanol–water partition coefficient (Wildman–Crippen LogP) is 1.63. The number of ether oxygens (including phenoxy) is 1. The number of anilines is 1. The molecule has 1 aromatic carbocycles. The second-order valence-corrected chi connectivity index (χ2v) is 6.40. The second kappa shape index (κ2) is 6.72. The maximum atomic E-state index is 13.0. The molecule has 1 fully saturated rings. The van der Waals surface area contributed by atoms with E-state index in [9.17, 15) is 4.79 Å². The third-order valence-electron chi connectivity index (χ3n) is 4.46. The number of amides is 1. The minimum atomic E-state index is -0.297. The summed E-state index contributed by atoms with van der Waals surface area (Å²) >= 11 is 0. The molecule has 1 aliphatic heterocycles. The van der Waals surface area contributed by atoms with E-state index in [1.54, 1.807) is 23.6 Å². The lowest BCUT2D eigenvalue weighted by molar-refractivity contribution is -0.0246. The van der Waals surface area contributed by atoms with Gasteiger partial charge in [-0.1, -0.05) is 0 Å². The summed E-state index contributed by atoms with van der Waals surface area (Å²) in [4.78, 5) is 32.7. The zero-order valence-corrected chi connectivity index (χ0v) is 14.7. The molecule has 134 valence electrons. The Balaban J connectivity index is 1.57. The molecule has 4 rings (SSSR count). The normalized spacial score (nSPS) is 17.5. The monoisotopic (exact) mass is 352 g/mol. The highest BCUT2D eigenvalue weighted by atomic mass is 16.5. The summed E-state index contributed by atoms with van der Waals surface area (Å²) in [6, 6.07) is 5.50. The van der Waals surface area contributed by atoms with E-state index in [0.29, 0.717) is 25.3 Å². The molecule has 1 atom stereocenters. The molecule has 2 aromatic heterocycles. The van der Waals surface area contributed by atoms with Crippen molar-refractivity contribution < 1.29 is 9.53 Å². The topological polar surface area (TPSA) is 87.2 Å². The van der Waals surface area contributed by atoms with Gasteiger partial charge in [0.15, 0.2) is 5.82 Å². The molecule has 1 saturated heterocycles. The summed E-state index contributed by atoms with van der Waals surface area (Å²) in [5.74, 6) is 0.732. The van der Waals surface area contributed by atoms with Gasteiger partial charge in [-0.2, -0.15) is 0 Å². The van der Waals surface area contributed by atoms with Crippen LogP contribution >= 0.6 is 0 Å². The summed E-state index contributed by atoms with van der Waals surface area (Å²) in [5, 5.41) is 0. The van der Waals surface area contributed by atoms with Crippen LogP contribution in [0, 0.1) is 0 Å². The Morgan fingerprint density at radius 1 is 1.27 bits per heavy atom. The van der Waals surface area contributed by atoms with Crippen LogP contribution in [-0.4, -0.2) is 64.5 Å². The number of nitrogens with zero attached hydrogens (tertiary/aromatic N) is 5. The molecule has 1 N–H and O–H groups in total. The van der Waals surface area contributed by atoms with Gasteiger partial charge in [0, 0.05) is 38.6 Å². The molecule has 0 radical (unpaired) electrons. The van der Waals surface area contributed by atoms with E-state index in [1.807, 2.05) is 37.2 Å². The molecule has 0 spiro atoms. The maximum absolute atomic E-state index is 13.0. The van der Waals surface area contributed by atoms with Crippen LogP contribution in [0.3, 0.4) is 0 Å². The number of hydrogen-bond donors (Lipinski definition) is 1. The highest BCUT2D eigenvalue weighted by Crippen LogP contribution is 2.27. The molecule has 8 heteroatoms. The van der Waals surface area contributed by atoms with Crippen LogP contribution in [0.5, 0.6) is 0 Å². The van der Waals surface area contributed by atoms with Gasteiger partial charge in [-0.15, -0.1) is 0 Å².